The van der Waals surface area contributed by atoms with Crippen molar-refractivity contribution < 1.29 is 22.7 Å². The van der Waals surface area contributed by atoms with Gasteiger partial charge in [0.05, 0.1) is 16.7 Å². The molecule has 0 unspecified atom stereocenters. The smallest absolute Gasteiger partial charge is 0.246 e. The molecular weight excluding hydrogens is 360 g/mol. The van der Waals surface area contributed by atoms with E-state index in [0.29, 0.717) is 6.54 Å². The van der Waals surface area contributed by atoms with Crippen molar-refractivity contribution in [1.82, 2.24) is 20.0 Å². The Kier molecular flexibility index (Phi) is 5.07. The number of hydrogen-bond donors (Lipinski definition) is 1. The molecule has 0 aliphatic carbocycles. The van der Waals surface area contributed by atoms with E-state index in [-0.39, 0.29) is 43.2 Å². The Labute approximate surface area is 152 Å². The molecule has 9 nitrogen and oxygen atoms in total. The first kappa shape index (κ1) is 18.8. The molecule has 3 heterocycles. The highest BCUT2D eigenvalue weighted by molar-refractivity contribution is 7.92. The molecule has 3 rings (SSSR count). The zero-order valence-corrected chi connectivity index (χ0v) is 16.0. The quantitative estimate of drug-likeness (QED) is 0.689. The van der Waals surface area contributed by atoms with Gasteiger partial charge in [-0.05, 0) is 19.9 Å². The van der Waals surface area contributed by atoms with Crippen LogP contribution in [0.2, 0.25) is 0 Å². The summed E-state index contributed by atoms with van der Waals surface area (Å²) in [7, 11) is -1.94. The van der Waals surface area contributed by atoms with Gasteiger partial charge in [0.15, 0.2) is 9.84 Å². The molecule has 2 aliphatic heterocycles. The van der Waals surface area contributed by atoms with Gasteiger partial charge in [-0.1, -0.05) is 0 Å². The number of hydrogen-bond acceptors (Lipinski definition) is 6. The summed E-state index contributed by atoms with van der Waals surface area (Å²) in [6, 6.07) is 1.40. The molecule has 0 radical (unpaired) electrons. The van der Waals surface area contributed by atoms with Gasteiger partial charge in [0.1, 0.15) is 13.2 Å². The van der Waals surface area contributed by atoms with E-state index in [0.717, 1.165) is 11.4 Å². The van der Waals surface area contributed by atoms with Crippen LogP contribution in [0, 0.1) is 19.8 Å². The number of aryl methyl sites for hydroxylation is 2. The second-order valence-electron chi connectivity index (χ2n) is 7.02. The van der Waals surface area contributed by atoms with E-state index in [1.54, 1.807) is 9.58 Å². The highest BCUT2D eigenvalue weighted by Gasteiger charge is 2.53. The maximum absolute atomic E-state index is 12.6. The van der Waals surface area contributed by atoms with Crippen LogP contribution >= 0.6 is 0 Å². The minimum absolute atomic E-state index is 0.0832. The molecule has 3 atom stereocenters. The lowest BCUT2D eigenvalue weighted by atomic mass is 10.0. The van der Waals surface area contributed by atoms with Gasteiger partial charge >= 0.3 is 0 Å². The maximum Gasteiger partial charge on any atom is 0.246 e. The Bertz CT molecular complexity index is 819. The molecule has 2 amide bonds. The maximum atomic E-state index is 12.6. The highest BCUT2D eigenvalue weighted by Crippen LogP contribution is 2.34. The number of sulfone groups is 1. The van der Waals surface area contributed by atoms with Crippen LogP contribution in [-0.4, -0.2) is 78.8 Å². The van der Waals surface area contributed by atoms with Crippen molar-refractivity contribution in [2.75, 3.05) is 32.6 Å². The average Bonchev–Trinajstić information content (AvgIpc) is 3.16. The van der Waals surface area contributed by atoms with Crippen molar-refractivity contribution in [3.8, 4) is 0 Å². The zero-order chi connectivity index (χ0) is 19.1. The molecule has 1 N–H and O–H groups in total. The summed E-state index contributed by atoms with van der Waals surface area (Å²) in [5.41, 5.74) is 1.71. The number of nitrogens with zero attached hydrogens (tertiary/aromatic N) is 3. The second-order valence-corrected chi connectivity index (χ2v) is 9.29. The third-order valence-corrected chi connectivity index (χ3v) is 7.31. The molecule has 0 spiro atoms. The Morgan fingerprint density at radius 1 is 1.35 bits per heavy atom. The van der Waals surface area contributed by atoms with E-state index in [1.807, 2.05) is 19.9 Å². The van der Waals surface area contributed by atoms with Gasteiger partial charge in [0.2, 0.25) is 11.8 Å². The Hall–Kier alpha value is -1.94. The number of amides is 2. The molecule has 0 aromatic carbocycles. The number of ether oxygens (including phenoxy) is 1. The fraction of sp³-hybridized carbons (Fsp3) is 0.688. The highest BCUT2D eigenvalue weighted by atomic mass is 32.2. The zero-order valence-electron chi connectivity index (χ0n) is 15.1. The van der Waals surface area contributed by atoms with Crippen molar-refractivity contribution >= 4 is 21.7 Å². The van der Waals surface area contributed by atoms with Crippen LogP contribution in [0.4, 0.5) is 0 Å². The normalized spacial score (nSPS) is 26.7. The SMILES string of the molecule is COCC(=O)N[C@H]1CS(=O)(=O)[C@H]2CN(C(=O)Cn3nc(C)cc3C)C[C@@H]12. The van der Waals surface area contributed by atoms with Crippen LogP contribution in [0.1, 0.15) is 11.4 Å². The summed E-state index contributed by atoms with van der Waals surface area (Å²) >= 11 is 0. The molecule has 0 bridgehead atoms. The summed E-state index contributed by atoms with van der Waals surface area (Å²) in [6.45, 7) is 4.18. The van der Waals surface area contributed by atoms with Gasteiger partial charge in [-0.2, -0.15) is 5.10 Å². The summed E-state index contributed by atoms with van der Waals surface area (Å²) in [5, 5.41) is 6.38. The van der Waals surface area contributed by atoms with Crippen LogP contribution in [0.25, 0.3) is 0 Å². The first-order chi connectivity index (χ1) is 12.2. The van der Waals surface area contributed by atoms with E-state index >= 15 is 0 Å². The number of likely N-dealkylation sites (tertiary alicyclic amines) is 1. The number of methoxy groups -OCH3 is 1. The largest absolute Gasteiger partial charge is 0.375 e. The standard InChI is InChI=1S/C16H24N4O5S/c1-10-4-11(2)20(18-10)7-16(22)19-5-12-13(17-15(21)8-25-3)9-26(23,24)14(12)6-19/h4,12-14H,5-9H2,1-3H3,(H,17,21)/t12-,13-,14-/m0/s1. The van der Waals surface area contributed by atoms with Crippen molar-refractivity contribution in [3.05, 3.63) is 17.5 Å². The van der Waals surface area contributed by atoms with Crippen LogP contribution in [0.3, 0.4) is 0 Å². The molecule has 1 aromatic rings. The number of nitrogens with one attached hydrogen (secondary N) is 1. The summed E-state index contributed by atoms with van der Waals surface area (Å²) in [6.07, 6.45) is 0. The van der Waals surface area contributed by atoms with E-state index in [2.05, 4.69) is 10.4 Å². The van der Waals surface area contributed by atoms with Crippen LogP contribution in [0.15, 0.2) is 6.07 Å². The molecule has 10 heteroatoms. The monoisotopic (exact) mass is 384 g/mol. The third kappa shape index (κ3) is 3.61. The van der Waals surface area contributed by atoms with Gasteiger partial charge in [0, 0.05) is 37.9 Å². The van der Waals surface area contributed by atoms with Crippen LogP contribution in [0.5, 0.6) is 0 Å². The van der Waals surface area contributed by atoms with Gasteiger partial charge in [-0.15, -0.1) is 0 Å². The molecule has 2 aliphatic rings. The number of aromatic nitrogens is 2. The molecular formula is C16H24N4O5S. The average molecular weight is 384 g/mol. The summed E-state index contributed by atoms with van der Waals surface area (Å²) in [5.74, 6) is -0.883. The lowest BCUT2D eigenvalue weighted by Gasteiger charge is -2.21. The molecule has 2 fully saturated rings. The van der Waals surface area contributed by atoms with E-state index in [9.17, 15) is 18.0 Å². The Morgan fingerprint density at radius 3 is 2.69 bits per heavy atom. The Morgan fingerprint density at radius 2 is 2.08 bits per heavy atom. The van der Waals surface area contributed by atoms with Crippen molar-refractivity contribution in [1.29, 1.82) is 0 Å². The van der Waals surface area contributed by atoms with Crippen molar-refractivity contribution in [2.45, 2.75) is 31.7 Å². The summed E-state index contributed by atoms with van der Waals surface area (Å²) in [4.78, 5) is 26.0. The van der Waals surface area contributed by atoms with E-state index in [4.69, 9.17) is 4.74 Å². The number of fused-ring (bicyclic) bond motifs is 1. The fourth-order valence-corrected chi connectivity index (χ4v) is 6.15. The lowest BCUT2D eigenvalue weighted by Crippen LogP contribution is -2.44. The molecule has 26 heavy (non-hydrogen) atoms. The number of carbonyl (C=O) groups excluding carboxylic acids is 2. The first-order valence-electron chi connectivity index (χ1n) is 8.50. The first-order valence-corrected chi connectivity index (χ1v) is 10.2. The van der Waals surface area contributed by atoms with Crippen molar-refractivity contribution in [3.63, 3.8) is 0 Å². The predicted octanol–water partition coefficient (Wildman–Crippen LogP) is -1.11. The fourth-order valence-electron chi connectivity index (χ4n) is 3.86. The minimum Gasteiger partial charge on any atom is -0.375 e. The predicted molar refractivity (Wildman–Crippen MR) is 93.2 cm³/mol. The van der Waals surface area contributed by atoms with E-state index < -0.39 is 21.1 Å². The minimum atomic E-state index is -3.35. The third-order valence-electron chi connectivity index (χ3n) is 5.06. The van der Waals surface area contributed by atoms with Gasteiger partial charge in [-0.25, -0.2) is 8.42 Å². The lowest BCUT2D eigenvalue weighted by molar-refractivity contribution is -0.131. The van der Waals surface area contributed by atoms with Crippen molar-refractivity contribution in [2.24, 2.45) is 5.92 Å². The summed E-state index contributed by atoms with van der Waals surface area (Å²) < 4.78 is 31.3. The van der Waals surface area contributed by atoms with Gasteiger partial charge < -0.3 is 15.0 Å². The molecule has 144 valence electrons. The second kappa shape index (κ2) is 6.99. The van der Waals surface area contributed by atoms with E-state index in [1.165, 1.54) is 7.11 Å². The molecule has 1 aromatic heterocycles. The molecule has 0 saturated carbocycles. The number of rotatable bonds is 5. The van der Waals surface area contributed by atoms with Crippen LogP contribution < -0.4 is 5.32 Å². The van der Waals surface area contributed by atoms with Crippen LogP contribution in [-0.2, 0) is 30.7 Å². The van der Waals surface area contributed by atoms with Gasteiger partial charge in [0.25, 0.3) is 0 Å². The topological polar surface area (TPSA) is 111 Å². The number of carbonyl (C=O) groups is 2. The van der Waals surface area contributed by atoms with Gasteiger partial charge in [-0.3, -0.25) is 14.3 Å². The Balaban J connectivity index is 1.69. The molecule has 2 saturated heterocycles.